The highest BCUT2D eigenvalue weighted by molar-refractivity contribution is 6.39. The van der Waals surface area contributed by atoms with Gasteiger partial charge in [0.1, 0.15) is 0 Å². The number of carbonyl (C=O) groups excluding carboxylic acids is 2. The molecule has 2 N–H and O–H groups in total. The van der Waals surface area contributed by atoms with Crippen LogP contribution in [0.3, 0.4) is 0 Å². The summed E-state index contributed by atoms with van der Waals surface area (Å²) in [4.78, 5) is 33.8. The first-order valence-corrected chi connectivity index (χ1v) is 8.93. The average molecular weight is 394 g/mol. The zero-order chi connectivity index (χ0) is 21.4. The summed E-state index contributed by atoms with van der Waals surface area (Å²) in [7, 11) is 0. The molecule has 0 aliphatic rings. The van der Waals surface area contributed by atoms with E-state index >= 15 is 0 Å². The first-order chi connectivity index (χ1) is 13.8. The molecule has 0 radical (unpaired) electrons. The third-order valence-corrected chi connectivity index (χ3v) is 3.95. The Hall–Kier alpha value is -3.81. The summed E-state index contributed by atoms with van der Waals surface area (Å²) in [5, 5.41) is 16.8. The van der Waals surface area contributed by atoms with Crippen LogP contribution in [-0.4, -0.2) is 23.0 Å². The molecule has 150 valence electrons. The lowest BCUT2D eigenvalue weighted by Gasteiger charge is -2.05. The number of nitro benzene ring substituents is 1. The highest BCUT2D eigenvalue weighted by Gasteiger charge is 2.14. The second-order valence-corrected chi connectivity index (χ2v) is 6.67. The summed E-state index contributed by atoms with van der Waals surface area (Å²) in [5.74, 6) is -1.51. The van der Waals surface area contributed by atoms with Gasteiger partial charge in [-0.1, -0.05) is 50.3 Å². The molecule has 2 rings (SSSR count). The first-order valence-electron chi connectivity index (χ1n) is 8.93. The standard InChI is InChI=1S/C21H22N4O4/c1-14(2)17-9-7-16(8-10-17)11-15(3)13-22-24-21(27)20(26)23-18-5-4-6-19(12-18)25(28)29/h4-14H,1-3H3,(H,23,26)(H,24,27)/b15-11+,22-13+. The molecule has 0 atom stereocenters. The third kappa shape index (κ3) is 6.69. The van der Waals surface area contributed by atoms with E-state index in [0.29, 0.717) is 5.92 Å². The number of allylic oxidation sites excluding steroid dienone is 1. The van der Waals surface area contributed by atoms with Crippen molar-refractivity contribution in [3.05, 3.63) is 75.3 Å². The molecule has 2 aromatic carbocycles. The molecule has 0 unspecified atom stereocenters. The molecule has 0 aliphatic carbocycles. The van der Waals surface area contributed by atoms with Gasteiger partial charge in [-0.2, -0.15) is 5.10 Å². The molecule has 2 aromatic rings. The number of nitrogens with zero attached hydrogens (tertiary/aromatic N) is 2. The lowest BCUT2D eigenvalue weighted by atomic mass is 10.0. The number of nitrogens with one attached hydrogen (secondary N) is 2. The van der Waals surface area contributed by atoms with E-state index in [4.69, 9.17) is 0 Å². The van der Waals surface area contributed by atoms with Crippen LogP contribution in [-0.2, 0) is 9.59 Å². The van der Waals surface area contributed by atoms with Gasteiger partial charge in [-0.3, -0.25) is 19.7 Å². The summed E-state index contributed by atoms with van der Waals surface area (Å²) < 4.78 is 0. The number of benzene rings is 2. The molecule has 0 bridgehead atoms. The van der Waals surface area contributed by atoms with Gasteiger partial charge in [-0.25, -0.2) is 5.43 Å². The first kappa shape index (κ1) is 21.5. The maximum absolute atomic E-state index is 11.9. The lowest BCUT2D eigenvalue weighted by Crippen LogP contribution is -2.32. The number of hydrogen-bond donors (Lipinski definition) is 2. The predicted molar refractivity (Wildman–Crippen MR) is 113 cm³/mol. The minimum atomic E-state index is -0.984. The SMILES string of the molecule is CC(/C=N/NC(=O)C(=O)Nc1cccc([N+](=O)[O-])c1)=C\c1ccc(C(C)C)cc1. The van der Waals surface area contributed by atoms with Crippen LogP contribution in [0.1, 0.15) is 37.8 Å². The molecule has 0 saturated heterocycles. The van der Waals surface area contributed by atoms with E-state index in [0.717, 1.165) is 17.2 Å². The molecule has 0 heterocycles. The zero-order valence-electron chi connectivity index (χ0n) is 16.4. The van der Waals surface area contributed by atoms with Crippen LogP contribution < -0.4 is 10.7 Å². The summed E-state index contributed by atoms with van der Waals surface area (Å²) >= 11 is 0. The highest BCUT2D eigenvalue weighted by Crippen LogP contribution is 2.17. The molecular formula is C21H22N4O4. The van der Waals surface area contributed by atoms with Crippen molar-refractivity contribution in [1.29, 1.82) is 0 Å². The van der Waals surface area contributed by atoms with Gasteiger partial charge in [0.05, 0.1) is 11.1 Å². The van der Waals surface area contributed by atoms with Crippen LogP contribution >= 0.6 is 0 Å². The lowest BCUT2D eigenvalue weighted by molar-refractivity contribution is -0.384. The van der Waals surface area contributed by atoms with Gasteiger partial charge < -0.3 is 5.32 Å². The summed E-state index contributed by atoms with van der Waals surface area (Å²) in [5.41, 5.74) is 5.09. The molecule has 0 aromatic heterocycles. The second-order valence-electron chi connectivity index (χ2n) is 6.67. The van der Waals surface area contributed by atoms with Crippen molar-refractivity contribution in [3.8, 4) is 0 Å². The number of rotatable bonds is 6. The molecule has 0 saturated carbocycles. The number of hydrogen-bond acceptors (Lipinski definition) is 5. The van der Waals surface area contributed by atoms with Crippen LogP contribution in [0, 0.1) is 10.1 Å². The predicted octanol–water partition coefficient (Wildman–Crippen LogP) is 3.86. The van der Waals surface area contributed by atoms with Crippen molar-refractivity contribution >= 4 is 35.5 Å². The molecule has 2 amide bonds. The van der Waals surface area contributed by atoms with E-state index in [1.165, 1.54) is 30.0 Å². The highest BCUT2D eigenvalue weighted by atomic mass is 16.6. The van der Waals surface area contributed by atoms with E-state index in [-0.39, 0.29) is 11.4 Å². The Bertz CT molecular complexity index is 963. The number of nitro groups is 1. The summed E-state index contributed by atoms with van der Waals surface area (Å²) in [6.45, 7) is 6.07. The Morgan fingerprint density at radius 2 is 1.79 bits per heavy atom. The van der Waals surface area contributed by atoms with Crippen molar-refractivity contribution in [2.45, 2.75) is 26.7 Å². The maximum atomic E-state index is 11.9. The fourth-order valence-electron chi connectivity index (χ4n) is 2.41. The van der Waals surface area contributed by atoms with Gasteiger partial charge in [-0.15, -0.1) is 0 Å². The Morgan fingerprint density at radius 1 is 1.10 bits per heavy atom. The Morgan fingerprint density at radius 3 is 2.41 bits per heavy atom. The normalized spacial score (nSPS) is 11.5. The second kappa shape index (κ2) is 9.93. The van der Waals surface area contributed by atoms with Crippen molar-refractivity contribution in [2.24, 2.45) is 5.10 Å². The molecule has 0 aliphatic heterocycles. The smallest absolute Gasteiger partial charge is 0.317 e. The van der Waals surface area contributed by atoms with Gasteiger partial charge in [0.25, 0.3) is 5.69 Å². The van der Waals surface area contributed by atoms with E-state index in [9.17, 15) is 19.7 Å². The van der Waals surface area contributed by atoms with Crippen molar-refractivity contribution in [2.75, 3.05) is 5.32 Å². The van der Waals surface area contributed by atoms with Crippen molar-refractivity contribution in [3.63, 3.8) is 0 Å². The van der Waals surface area contributed by atoms with Gasteiger partial charge >= 0.3 is 11.8 Å². The number of non-ortho nitro benzene ring substituents is 1. The fourth-order valence-corrected chi connectivity index (χ4v) is 2.41. The van der Waals surface area contributed by atoms with Crippen LogP contribution in [0.15, 0.2) is 59.2 Å². The minimum Gasteiger partial charge on any atom is -0.317 e. The Labute approximate surface area is 168 Å². The molecule has 8 nitrogen and oxygen atoms in total. The van der Waals surface area contributed by atoms with E-state index in [1.807, 2.05) is 25.1 Å². The van der Waals surface area contributed by atoms with Gasteiger partial charge in [0.2, 0.25) is 0 Å². The largest absolute Gasteiger partial charge is 0.329 e. The van der Waals surface area contributed by atoms with Crippen molar-refractivity contribution in [1.82, 2.24) is 5.43 Å². The third-order valence-electron chi connectivity index (χ3n) is 3.95. The Balaban J connectivity index is 1.91. The monoisotopic (exact) mass is 394 g/mol. The summed E-state index contributed by atoms with van der Waals surface area (Å²) in [6.07, 6.45) is 3.32. The number of carbonyl (C=O) groups is 2. The van der Waals surface area contributed by atoms with Crippen LogP contribution in [0.2, 0.25) is 0 Å². The zero-order valence-corrected chi connectivity index (χ0v) is 16.4. The fraction of sp³-hybridized carbons (Fsp3) is 0.190. The topological polar surface area (TPSA) is 114 Å². The molecule has 0 spiro atoms. The van der Waals surface area contributed by atoms with Crippen LogP contribution in [0.4, 0.5) is 11.4 Å². The van der Waals surface area contributed by atoms with Crippen LogP contribution in [0.5, 0.6) is 0 Å². The van der Waals surface area contributed by atoms with Gasteiger partial charge in [0.15, 0.2) is 0 Å². The maximum Gasteiger partial charge on any atom is 0.329 e. The van der Waals surface area contributed by atoms with Crippen LogP contribution in [0.25, 0.3) is 6.08 Å². The Kier molecular flexibility index (Phi) is 7.36. The quantitative estimate of drug-likeness (QED) is 0.335. The van der Waals surface area contributed by atoms with E-state index < -0.39 is 16.7 Å². The number of amides is 2. The van der Waals surface area contributed by atoms with E-state index in [2.05, 4.69) is 41.8 Å². The average Bonchev–Trinajstić information content (AvgIpc) is 2.68. The minimum absolute atomic E-state index is 0.143. The summed E-state index contributed by atoms with van der Waals surface area (Å²) in [6, 6.07) is 13.4. The van der Waals surface area contributed by atoms with Crippen molar-refractivity contribution < 1.29 is 14.5 Å². The molecule has 8 heteroatoms. The molecular weight excluding hydrogens is 372 g/mol. The molecule has 29 heavy (non-hydrogen) atoms. The molecule has 0 fully saturated rings. The number of hydrazone groups is 1. The van der Waals surface area contributed by atoms with E-state index in [1.54, 1.807) is 0 Å². The number of anilines is 1. The van der Waals surface area contributed by atoms with Gasteiger partial charge in [0, 0.05) is 17.8 Å². The van der Waals surface area contributed by atoms with Gasteiger partial charge in [-0.05, 0) is 35.6 Å².